The van der Waals surface area contributed by atoms with E-state index < -0.39 is 0 Å². The standard InChI is InChI=1S/C17H27NS/c1-4-14-6-5-7-16(12-14)18-13(2)15-8-10-17(19-3)11-9-15/h8-11,13-14,16,18H,4-7,12H2,1-3H3. The third-order valence-electron chi connectivity index (χ3n) is 4.46. The Balaban J connectivity index is 1.90. The summed E-state index contributed by atoms with van der Waals surface area (Å²) in [6.45, 7) is 4.63. The van der Waals surface area contributed by atoms with Crippen LogP contribution in [-0.2, 0) is 0 Å². The Bertz CT molecular complexity index is 373. The highest BCUT2D eigenvalue weighted by atomic mass is 32.2. The number of rotatable bonds is 5. The average Bonchev–Trinajstić information content (AvgIpc) is 2.47. The molecule has 0 saturated heterocycles. The molecule has 0 bridgehead atoms. The molecule has 0 amide bonds. The summed E-state index contributed by atoms with van der Waals surface area (Å²) in [5.41, 5.74) is 1.41. The van der Waals surface area contributed by atoms with Crippen LogP contribution in [0.25, 0.3) is 0 Å². The highest BCUT2D eigenvalue weighted by Crippen LogP contribution is 2.28. The largest absolute Gasteiger partial charge is 0.307 e. The van der Waals surface area contributed by atoms with Crippen molar-refractivity contribution in [1.82, 2.24) is 5.32 Å². The van der Waals surface area contributed by atoms with E-state index in [1.54, 1.807) is 0 Å². The van der Waals surface area contributed by atoms with Gasteiger partial charge in [-0.3, -0.25) is 0 Å². The van der Waals surface area contributed by atoms with E-state index in [-0.39, 0.29) is 0 Å². The predicted octanol–water partition coefficient (Wildman–Crippen LogP) is 5.03. The molecule has 0 heterocycles. The number of benzene rings is 1. The van der Waals surface area contributed by atoms with Gasteiger partial charge in [-0.25, -0.2) is 0 Å². The van der Waals surface area contributed by atoms with Gasteiger partial charge in [0.05, 0.1) is 0 Å². The Kier molecular flexibility index (Phi) is 5.77. The summed E-state index contributed by atoms with van der Waals surface area (Å²) in [5, 5.41) is 3.83. The predicted molar refractivity (Wildman–Crippen MR) is 85.8 cm³/mol. The van der Waals surface area contributed by atoms with Crippen molar-refractivity contribution in [3.05, 3.63) is 29.8 Å². The minimum Gasteiger partial charge on any atom is -0.307 e. The summed E-state index contributed by atoms with van der Waals surface area (Å²) in [6.07, 6.45) is 9.02. The second-order valence-electron chi connectivity index (χ2n) is 5.80. The Morgan fingerprint density at radius 3 is 2.63 bits per heavy atom. The van der Waals surface area contributed by atoms with Gasteiger partial charge < -0.3 is 5.32 Å². The van der Waals surface area contributed by atoms with Crippen LogP contribution in [0.3, 0.4) is 0 Å². The van der Waals surface area contributed by atoms with E-state index in [0.717, 1.165) is 5.92 Å². The molecule has 2 rings (SSSR count). The van der Waals surface area contributed by atoms with E-state index in [0.29, 0.717) is 12.1 Å². The van der Waals surface area contributed by atoms with Crippen molar-refractivity contribution in [3.8, 4) is 0 Å². The van der Waals surface area contributed by atoms with Crippen LogP contribution in [0.5, 0.6) is 0 Å². The van der Waals surface area contributed by atoms with Crippen molar-refractivity contribution < 1.29 is 0 Å². The van der Waals surface area contributed by atoms with Crippen LogP contribution in [0.1, 0.15) is 57.6 Å². The molecule has 1 aromatic carbocycles. The first-order chi connectivity index (χ1) is 9.22. The lowest BCUT2D eigenvalue weighted by Gasteiger charge is -2.31. The monoisotopic (exact) mass is 277 g/mol. The molecular weight excluding hydrogens is 250 g/mol. The smallest absolute Gasteiger partial charge is 0.0294 e. The van der Waals surface area contributed by atoms with Gasteiger partial charge in [0, 0.05) is 17.0 Å². The van der Waals surface area contributed by atoms with E-state index in [9.17, 15) is 0 Å². The number of hydrogen-bond donors (Lipinski definition) is 1. The Morgan fingerprint density at radius 1 is 1.26 bits per heavy atom. The van der Waals surface area contributed by atoms with Crippen molar-refractivity contribution in [2.45, 2.75) is 62.9 Å². The first-order valence-corrected chi connectivity index (χ1v) is 8.85. The first kappa shape index (κ1) is 14.9. The molecule has 0 radical (unpaired) electrons. The molecule has 0 aromatic heterocycles. The highest BCUT2D eigenvalue weighted by molar-refractivity contribution is 7.98. The number of thioether (sulfide) groups is 1. The zero-order valence-corrected chi connectivity index (χ0v) is 13.3. The van der Waals surface area contributed by atoms with E-state index >= 15 is 0 Å². The zero-order valence-electron chi connectivity index (χ0n) is 12.5. The molecule has 1 aromatic rings. The van der Waals surface area contributed by atoms with Gasteiger partial charge in [0.1, 0.15) is 0 Å². The third kappa shape index (κ3) is 4.25. The maximum Gasteiger partial charge on any atom is 0.0294 e. The van der Waals surface area contributed by atoms with Crippen LogP contribution >= 0.6 is 11.8 Å². The lowest BCUT2D eigenvalue weighted by Crippen LogP contribution is -2.35. The minimum absolute atomic E-state index is 0.469. The fourth-order valence-corrected chi connectivity index (χ4v) is 3.56. The molecule has 1 N–H and O–H groups in total. The molecule has 1 saturated carbocycles. The van der Waals surface area contributed by atoms with Crippen molar-refractivity contribution in [3.63, 3.8) is 0 Å². The van der Waals surface area contributed by atoms with Crippen molar-refractivity contribution >= 4 is 11.8 Å². The Morgan fingerprint density at radius 2 is 2.00 bits per heavy atom. The third-order valence-corrected chi connectivity index (χ3v) is 5.21. The van der Waals surface area contributed by atoms with Gasteiger partial charge in [0.25, 0.3) is 0 Å². The van der Waals surface area contributed by atoms with Gasteiger partial charge in [-0.15, -0.1) is 11.8 Å². The van der Waals surface area contributed by atoms with Gasteiger partial charge in [0.2, 0.25) is 0 Å². The summed E-state index contributed by atoms with van der Waals surface area (Å²) in [6, 6.07) is 10.2. The molecule has 1 nitrogen and oxygen atoms in total. The molecule has 3 unspecified atom stereocenters. The number of hydrogen-bond acceptors (Lipinski definition) is 2. The normalized spacial score (nSPS) is 25.2. The average molecular weight is 277 g/mol. The Hall–Kier alpha value is -0.470. The molecule has 1 aliphatic carbocycles. The van der Waals surface area contributed by atoms with Crippen LogP contribution in [-0.4, -0.2) is 12.3 Å². The fraction of sp³-hybridized carbons (Fsp3) is 0.647. The van der Waals surface area contributed by atoms with Gasteiger partial charge in [-0.05, 0) is 49.6 Å². The van der Waals surface area contributed by atoms with Crippen LogP contribution in [0.4, 0.5) is 0 Å². The molecule has 0 spiro atoms. The zero-order chi connectivity index (χ0) is 13.7. The number of nitrogens with one attached hydrogen (secondary N) is 1. The fourth-order valence-electron chi connectivity index (χ4n) is 3.16. The van der Waals surface area contributed by atoms with Gasteiger partial charge in [-0.2, -0.15) is 0 Å². The SMILES string of the molecule is CCC1CCCC(NC(C)c2ccc(SC)cc2)C1. The summed E-state index contributed by atoms with van der Waals surface area (Å²) < 4.78 is 0. The summed E-state index contributed by atoms with van der Waals surface area (Å²) in [4.78, 5) is 1.35. The summed E-state index contributed by atoms with van der Waals surface area (Å²) >= 11 is 1.81. The summed E-state index contributed by atoms with van der Waals surface area (Å²) in [7, 11) is 0. The molecule has 0 aliphatic heterocycles. The van der Waals surface area contributed by atoms with Crippen LogP contribution in [0, 0.1) is 5.92 Å². The van der Waals surface area contributed by atoms with Crippen molar-refractivity contribution in [1.29, 1.82) is 0 Å². The van der Waals surface area contributed by atoms with Crippen LogP contribution in [0.15, 0.2) is 29.2 Å². The highest BCUT2D eigenvalue weighted by Gasteiger charge is 2.22. The second-order valence-corrected chi connectivity index (χ2v) is 6.68. The maximum absolute atomic E-state index is 3.83. The molecular formula is C17H27NS. The van der Waals surface area contributed by atoms with Crippen molar-refractivity contribution in [2.24, 2.45) is 5.92 Å². The van der Waals surface area contributed by atoms with E-state index in [1.807, 2.05) is 11.8 Å². The quantitative estimate of drug-likeness (QED) is 0.758. The minimum atomic E-state index is 0.469. The lowest BCUT2D eigenvalue weighted by molar-refractivity contribution is 0.266. The lowest BCUT2D eigenvalue weighted by atomic mass is 9.84. The van der Waals surface area contributed by atoms with Crippen LogP contribution in [0.2, 0.25) is 0 Å². The molecule has 1 fully saturated rings. The van der Waals surface area contributed by atoms with E-state index in [2.05, 4.69) is 49.7 Å². The van der Waals surface area contributed by atoms with Gasteiger partial charge in [0.15, 0.2) is 0 Å². The van der Waals surface area contributed by atoms with E-state index in [4.69, 9.17) is 0 Å². The topological polar surface area (TPSA) is 12.0 Å². The second kappa shape index (κ2) is 7.35. The molecule has 2 heteroatoms. The van der Waals surface area contributed by atoms with E-state index in [1.165, 1.54) is 42.6 Å². The van der Waals surface area contributed by atoms with Crippen LogP contribution < -0.4 is 5.32 Å². The summed E-state index contributed by atoms with van der Waals surface area (Å²) in [5.74, 6) is 0.942. The van der Waals surface area contributed by atoms with Crippen molar-refractivity contribution in [2.75, 3.05) is 6.26 Å². The van der Waals surface area contributed by atoms with Gasteiger partial charge in [-0.1, -0.05) is 38.3 Å². The molecule has 1 aliphatic rings. The molecule has 19 heavy (non-hydrogen) atoms. The molecule has 3 atom stereocenters. The first-order valence-electron chi connectivity index (χ1n) is 7.63. The Labute approximate surface area is 122 Å². The maximum atomic E-state index is 3.83. The van der Waals surface area contributed by atoms with Gasteiger partial charge >= 0.3 is 0 Å². The molecule has 106 valence electrons.